The lowest BCUT2D eigenvalue weighted by Crippen LogP contribution is -2.43. The fourth-order valence-corrected chi connectivity index (χ4v) is 2.00. The summed E-state index contributed by atoms with van der Waals surface area (Å²) in [5.41, 5.74) is 5.96. The molecule has 0 atom stereocenters. The number of hydrogen-bond donors (Lipinski definition) is 2. The molecule has 0 unspecified atom stereocenters. The molecule has 0 bridgehead atoms. The molecule has 0 saturated carbocycles. The van der Waals surface area contributed by atoms with Crippen LogP contribution in [0.3, 0.4) is 0 Å². The second-order valence-corrected chi connectivity index (χ2v) is 4.33. The standard InChI is InChI=1S/C12H16N4O2/c13-11(17)9-3-7-16(8-4-9)12(18)15-10-1-5-14-6-2-10/h1-2,5-6,9H,3-4,7-8H2,(H2,13,17)(H,14,15,18). The van der Waals surface area contributed by atoms with Crippen molar-refractivity contribution in [1.29, 1.82) is 0 Å². The van der Waals surface area contributed by atoms with Crippen molar-refractivity contribution in [3.05, 3.63) is 24.5 Å². The number of nitrogens with zero attached hydrogens (tertiary/aromatic N) is 2. The van der Waals surface area contributed by atoms with E-state index in [9.17, 15) is 9.59 Å². The lowest BCUT2D eigenvalue weighted by Gasteiger charge is -2.30. The van der Waals surface area contributed by atoms with Crippen molar-refractivity contribution in [2.75, 3.05) is 18.4 Å². The molecule has 1 aromatic heterocycles. The van der Waals surface area contributed by atoms with Crippen molar-refractivity contribution < 1.29 is 9.59 Å². The van der Waals surface area contributed by atoms with E-state index < -0.39 is 0 Å². The highest BCUT2D eigenvalue weighted by atomic mass is 16.2. The van der Waals surface area contributed by atoms with Gasteiger partial charge in [0.25, 0.3) is 0 Å². The summed E-state index contributed by atoms with van der Waals surface area (Å²) >= 11 is 0. The Morgan fingerprint density at radius 2 is 1.89 bits per heavy atom. The van der Waals surface area contributed by atoms with Crippen LogP contribution >= 0.6 is 0 Å². The minimum atomic E-state index is -0.274. The van der Waals surface area contributed by atoms with E-state index in [0.29, 0.717) is 31.6 Å². The van der Waals surface area contributed by atoms with Crippen molar-refractivity contribution >= 4 is 17.6 Å². The van der Waals surface area contributed by atoms with Crippen molar-refractivity contribution in [2.24, 2.45) is 11.7 Å². The van der Waals surface area contributed by atoms with Gasteiger partial charge in [0, 0.05) is 37.1 Å². The Hall–Kier alpha value is -2.11. The van der Waals surface area contributed by atoms with Crippen molar-refractivity contribution in [3.63, 3.8) is 0 Å². The monoisotopic (exact) mass is 248 g/mol. The Balaban J connectivity index is 1.86. The highest BCUT2D eigenvalue weighted by molar-refractivity contribution is 5.89. The number of hydrogen-bond acceptors (Lipinski definition) is 3. The molecule has 1 aliphatic heterocycles. The third-order valence-corrected chi connectivity index (χ3v) is 3.12. The van der Waals surface area contributed by atoms with E-state index >= 15 is 0 Å². The first-order valence-corrected chi connectivity index (χ1v) is 5.92. The average molecular weight is 248 g/mol. The molecule has 2 rings (SSSR count). The van der Waals surface area contributed by atoms with Crippen molar-refractivity contribution in [3.8, 4) is 0 Å². The predicted octanol–water partition coefficient (Wildman–Crippen LogP) is 0.811. The molecule has 6 nitrogen and oxygen atoms in total. The normalized spacial score (nSPS) is 16.3. The minimum Gasteiger partial charge on any atom is -0.369 e. The third-order valence-electron chi connectivity index (χ3n) is 3.12. The molecule has 2 heterocycles. The van der Waals surface area contributed by atoms with Gasteiger partial charge in [-0.15, -0.1) is 0 Å². The lowest BCUT2D eigenvalue weighted by atomic mass is 9.96. The van der Waals surface area contributed by atoms with Gasteiger partial charge < -0.3 is 16.0 Å². The zero-order valence-corrected chi connectivity index (χ0v) is 10.0. The fraction of sp³-hybridized carbons (Fsp3) is 0.417. The Morgan fingerprint density at radius 1 is 1.28 bits per heavy atom. The zero-order valence-electron chi connectivity index (χ0n) is 10.0. The quantitative estimate of drug-likeness (QED) is 0.811. The van der Waals surface area contributed by atoms with E-state index in [0.717, 1.165) is 0 Å². The van der Waals surface area contributed by atoms with Crippen LogP contribution in [0, 0.1) is 5.92 Å². The number of piperidine rings is 1. The van der Waals surface area contributed by atoms with Crippen molar-refractivity contribution in [2.45, 2.75) is 12.8 Å². The van der Waals surface area contributed by atoms with Gasteiger partial charge in [-0.1, -0.05) is 0 Å². The second-order valence-electron chi connectivity index (χ2n) is 4.33. The number of nitrogens with one attached hydrogen (secondary N) is 1. The molecule has 96 valence electrons. The van der Waals surface area contributed by atoms with Gasteiger partial charge in [0.05, 0.1) is 0 Å². The van der Waals surface area contributed by atoms with E-state index in [-0.39, 0.29) is 17.9 Å². The number of carbonyl (C=O) groups is 2. The summed E-state index contributed by atoms with van der Waals surface area (Å²) in [4.78, 5) is 28.5. The van der Waals surface area contributed by atoms with Crippen LogP contribution in [0.4, 0.5) is 10.5 Å². The Morgan fingerprint density at radius 3 is 2.44 bits per heavy atom. The number of amides is 3. The maximum Gasteiger partial charge on any atom is 0.321 e. The van der Waals surface area contributed by atoms with Gasteiger partial charge in [0.15, 0.2) is 0 Å². The minimum absolute atomic E-state index is 0.102. The van der Waals surface area contributed by atoms with Gasteiger partial charge in [-0.25, -0.2) is 4.79 Å². The van der Waals surface area contributed by atoms with Crippen LogP contribution in [-0.2, 0) is 4.79 Å². The smallest absolute Gasteiger partial charge is 0.321 e. The molecule has 0 aromatic carbocycles. The largest absolute Gasteiger partial charge is 0.369 e. The van der Waals surface area contributed by atoms with Crippen LogP contribution in [0.2, 0.25) is 0 Å². The van der Waals surface area contributed by atoms with Gasteiger partial charge in [-0.2, -0.15) is 0 Å². The molecular weight excluding hydrogens is 232 g/mol. The summed E-state index contributed by atoms with van der Waals surface area (Å²) in [7, 11) is 0. The van der Waals surface area contributed by atoms with Crippen molar-refractivity contribution in [1.82, 2.24) is 9.88 Å². The first-order chi connectivity index (χ1) is 8.66. The van der Waals surface area contributed by atoms with E-state index in [2.05, 4.69) is 10.3 Å². The third kappa shape index (κ3) is 2.97. The molecule has 1 fully saturated rings. The number of likely N-dealkylation sites (tertiary alicyclic amines) is 1. The maximum atomic E-state index is 11.9. The molecule has 0 radical (unpaired) electrons. The van der Waals surface area contributed by atoms with E-state index in [1.807, 2.05) is 0 Å². The van der Waals surface area contributed by atoms with Gasteiger partial charge in [0.1, 0.15) is 0 Å². The lowest BCUT2D eigenvalue weighted by molar-refractivity contribution is -0.122. The first-order valence-electron chi connectivity index (χ1n) is 5.92. The Labute approximate surface area is 105 Å². The number of rotatable bonds is 2. The first kappa shape index (κ1) is 12.3. The van der Waals surface area contributed by atoms with Crippen LogP contribution in [0.5, 0.6) is 0 Å². The van der Waals surface area contributed by atoms with Crippen LogP contribution in [0.25, 0.3) is 0 Å². The molecule has 0 aliphatic carbocycles. The molecule has 18 heavy (non-hydrogen) atoms. The summed E-state index contributed by atoms with van der Waals surface area (Å²) in [5, 5.41) is 2.79. The van der Waals surface area contributed by atoms with Gasteiger partial charge in [-0.3, -0.25) is 9.78 Å². The van der Waals surface area contributed by atoms with Crippen LogP contribution in [-0.4, -0.2) is 34.9 Å². The van der Waals surface area contributed by atoms with E-state index in [1.165, 1.54) is 0 Å². The molecule has 3 amide bonds. The summed E-state index contributed by atoms with van der Waals surface area (Å²) < 4.78 is 0. The molecule has 1 saturated heterocycles. The number of aromatic nitrogens is 1. The number of carbonyl (C=O) groups excluding carboxylic acids is 2. The van der Waals surface area contributed by atoms with E-state index in [1.54, 1.807) is 29.4 Å². The molecule has 1 aliphatic rings. The zero-order chi connectivity index (χ0) is 13.0. The Kier molecular flexibility index (Phi) is 3.76. The highest BCUT2D eigenvalue weighted by Crippen LogP contribution is 2.17. The maximum absolute atomic E-state index is 11.9. The van der Waals surface area contributed by atoms with E-state index in [4.69, 9.17) is 5.73 Å². The summed E-state index contributed by atoms with van der Waals surface area (Å²) in [6.45, 7) is 1.12. The summed E-state index contributed by atoms with van der Waals surface area (Å²) in [5.74, 6) is -0.376. The number of anilines is 1. The molecule has 3 N–H and O–H groups in total. The van der Waals surface area contributed by atoms with Crippen LogP contribution in [0.1, 0.15) is 12.8 Å². The topological polar surface area (TPSA) is 88.3 Å². The summed E-state index contributed by atoms with van der Waals surface area (Å²) in [6.07, 6.45) is 4.52. The molecule has 0 spiro atoms. The Bertz CT molecular complexity index is 427. The predicted molar refractivity (Wildman–Crippen MR) is 66.7 cm³/mol. The van der Waals surface area contributed by atoms with Gasteiger partial charge in [-0.05, 0) is 25.0 Å². The summed E-state index contributed by atoms with van der Waals surface area (Å²) in [6, 6.07) is 3.31. The van der Waals surface area contributed by atoms with Gasteiger partial charge >= 0.3 is 6.03 Å². The van der Waals surface area contributed by atoms with Crippen LogP contribution < -0.4 is 11.1 Å². The number of pyridine rings is 1. The second kappa shape index (κ2) is 5.48. The molecule has 1 aromatic rings. The molecular formula is C12H16N4O2. The SMILES string of the molecule is NC(=O)C1CCN(C(=O)Nc2ccncc2)CC1. The van der Waals surface area contributed by atoms with Gasteiger partial charge in [0.2, 0.25) is 5.91 Å². The average Bonchev–Trinajstić information content (AvgIpc) is 2.40. The molecule has 6 heteroatoms. The fourth-order valence-electron chi connectivity index (χ4n) is 2.00. The number of urea groups is 1. The number of nitrogens with two attached hydrogens (primary N) is 1. The van der Waals surface area contributed by atoms with Crippen LogP contribution in [0.15, 0.2) is 24.5 Å². The number of primary amides is 1. The highest BCUT2D eigenvalue weighted by Gasteiger charge is 2.25.